The highest BCUT2D eigenvalue weighted by Gasteiger charge is 2.53. The summed E-state index contributed by atoms with van der Waals surface area (Å²) < 4.78 is 0. The third kappa shape index (κ3) is 3.37. The minimum absolute atomic E-state index is 0.0789. The van der Waals surface area contributed by atoms with E-state index in [0.29, 0.717) is 23.7 Å². The minimum atomic E-state index is -0.445. The van der Waals surface area contributed by atoms with E-state index in [9.17, 15) is 9.59 Å². The largest absolute Gasteiger partial charge is 0.327 e. The molecule has 4 saturated carbocycles. The van der Waals surface area contributed by atoms with Gasteiger partial charge in [-0.05, 0) is 81.3 Å². The van der Waals surface area contributed by atoms with Crippen LogP contribution in [0.25, 0.3) is 0 Å². The molecule has 31 heavy (non-hydrogen) atoms. The maximum atomic E-state index is 13.1. The summed E-state index contributed by atoms with van der Waals surface area (Å²) in [6.07, 6.45) is 9.44. The van der Waals surface area contributed by atoms with Gasteiger partial charge in [0.1, 0.15) is 11.0 Å². The number of nitrogens with zero attached hydrogens (tertiary/aromatic N) is 3. The van der Waals surface area contributed by atoms with Crippen molar-refractivity contribution in [2.45, 2.75) is 62.8 Å². The van der Waals surface area contributed by atoms with Crippen molar-refractivity contribution in [2.24, 2.45) is 17.8 Å². The Hall–Kier alpha value is -2.28. The first kappa shape index (κ1) is 19.4. The molecule has 1 aromatic carbocycles. The van der Waals surface area contributed by atoms with E-state index in [-0.39, 0.29) is 17.2 Å². The first-order chi connectivity index (χ1) is 15.1. The second kappa shape index (κ2) is 7.40. The Morgan fingerprint density at radius 1 is 1.00 bits per heavy atom. The van der Waals surface area contributed by atoms with E-state index in [0.717, 1.165) is 29.2 Å². The van der Waals surface area contributed by atoms with Crippen molar-refractivity contribution >= 4 is 28.3 Å². The normalized spacial score (nSPS) is 33.6. The van der Waals surface area contributed by atoms with Crippen LogP contribution >= 0.6 is 11.3 Å². The van der Waals surface area contributed by atoms with E-state index in [2.05, 4.69) is 15.5 Å². The Morgan fingerprint density at radius 2 is 1.68 bits per heavy atom. The molecule has 1 atom stereocenters. The molecule has 1 unspecified atom stereocenters. The molecule has 0 spiro atoms. The van der Waals surface area contributed by atoms with Crippen LogP contribution < -0.4 is 5.32 Å². The van der Waals surface area contributed by atoms with Crippen molar-refractivity contribution in [3.05, 3.63) is 40.9 Å². The van der Waals surface area contributed by atoms with Gasteiger partial charge in [0.25, 0.3) is 5.91 Å². The van der Waals surface area contributed by atoms with Crippen molar-refractivity contribution in [3.63, 3.8) is 0 Å². The van der Waals surface area contributed by atoms with Crippen molar-refractivity contribution in [3.8, 4) is 0 Å². The SMILES string of the molecule is O=C(Nc1nnc(C23CC4CC(CC(C4)C2)C3)s1)C1CCCN1C(=O)c1ccccc1. The molecule has 4 aliphatic carbocycles. The molecule has 5 fully saturated rings. The van der Waals surface area contributed by atoms with E-state index in [4.69, 9.17) is 0 Å². The fraction of sp³-hybridized carbons (Fsp3) is 0.583. The van der Waals surface area contributed by atoms with Gasteiger partial charge in [-0.2, -0.15) is 0 Å². The number of hydrogen-bond donors (Lipinski definition) is 1. The van der Waals surface area contributed by atoms with Gasteiger partial charge in [0, 0.05) is 17.5 Å². The topological polar surface area (TPSA) is 75.2 Å². The molecule has 5 aliphatic rings. The number of carbonyl (C=O) groups is 2. The Labute approximate surface area is 186 Å². The molecule has 6 nitrogen and oxygen atoms in total. The van der Waals surface area contributed by atoms with Crippen LogP contribution in [0.4, 0.5) is 5.13 Å². The molecule has 4 bridgehead atoms. The Balaban J connectivity index is 1.17. The van der Waals surface area contributed by atoms with Gasteiger partial charge in [0.2, 0.25) is 11.0 Å². The number of anilines is 1. The lowest BCUT2D eigenvalue weighted by Gasteiger charge is -2.55. The average molecular weight is 437 g/mol. The Bertz CT molecular complexity index is 969. The summed E-state index contributed by atoms with van der Waals surface area (Å²) in [6, 6.07) is 8.76. The summed E-state index contributed by atoms with van der Waals surface area (Å²) in [5.41, 5.74) is 0.820. The summed E-state index contributed by atoms with van der Waals surface area (Å²) in [6.45, 7) is 0.612. The molecule has 7 rings (SSSR count). The van der Waals surface area contributed by atoms with E-state index >= 15 is 0 Å². The summed E-state index contributed by atoms with van der Waals surface area (Å²) in [4.78, 5) is 27.7. The summed E-state index contributed by atoms with van der Waals surface area (Å²) in [7, 11) is 0. The number of aromatic nitrogens is 2. The number of carbonyl (C=O) groups excluding carboxylic acids is 2. The van der Waals surface area contributed by atoms with Gasteiger partial charge in [0.05, 0.1) is 0 Å². The van der Waals surface area contributed by atoms with Crippen molar-refractivity contribution in [1.82, 2.24) is 15.1 Å². The molecule has 2 amide bonds. The number of rotatable bonds is 4. The molecule has 2 heterocycles. The predicted octanol–water partition coefficient (Wildman–Crippen LogP) is 4.25. The van der Waals surface area contributed by atoms with Crippen LogP contribution in [-0.4, -0.2) is 39.5 Å². The second-order valence-corrected chi connectivity index (χ2v) is 11.1. The van der Waals surface area contributed by atoms with Gasteiger partial charge in [-0.1, -0.05) is 29.5 Å². The summed E-state index contributed by atoms with van der Waals surface area (Å²) >= 11 is 1.56. The third-order valence-electron chi connectivity index (χ3n) is 7.98. The lowest BCUT2D eigenvalue weighted by molar-refractivity contribution is -0.119. The molecule has 1 aromatic heterocycles. The summed E-state index contributed by atoms with van der Waals surface area (Å²) in [5.74, 6) is 2.33. The first-order valence-corrected chi connectivity index (χ1v) is 12.4. The van der Waals surface area contributed by atoms with Crippen molar-refractivity contribution in [2.75, 3.05) is 11.9 Å². The first-order valence-electron chi connectivity index (χ1n) is 11.6. The summed E-state index contributed by atoms with van der Waals surface area (Å²) in [5, 5.41) is 13.6. The zero-order valence-electron chi connectivity index (χ0n) is 17.6. The van der Waals surface area contributed by atoms with Gasteiger partial charge in [-0.3, -0.25) is 14.9 Å². The number of amides is 2. The quantitative estimate of drug-likeness (QED) is 0.778. The van der Waals surface area contributed by atoms with Crippen LogP contribution in [0, 0.1) is 17.8 Å². The molecule has 7 heteroatoms. The molecule has 1 saturated heterocycles. The number of benzene rings is 1. The van der Waals surface area contributed by atoms with Crippen LogP contribution in [0.1, 0.15) is 66.7 Å². The van der Waals surface area contributed by atoms with Gasteiger partial charge < -0.3 is 4.90 Å². The highest BCUT2D eigenvalue weighted by Crippen LogP contribution is 2.61. The Kier molecular flexibility index (Phi) is 4.63. The van der Waals surface area contributed by atoms with E-state index in [1.807, 2.05) is 18.2 Å². The third-order valence-corrected chi connectivity index (χ3v) is 9.07. The van der Waals surface area contributed by atoms with Crippen LogP contribution in [0.2, 0.25) is 0 Å². The zero-order valence-corrected chi connectivity index (χ0v) is 18.4. The average Bonchev–Trinajstić information content (AvgIpc) is 3.43. The molecule has 2 aromatic rings. The van der Waals surface area contributed by atoms with Gasteiger partial charge in [-0.15, -0.1) is 10.2 Å². The second-order valence-electron chi connectivity index (χ2n) is 10.1. The number of likely N-dealkylation sites (tertiary alicyclic amines) is 1. The van der Waals surface area contributed by atoms with E-state index in [1.165, 1.54) is 38.5 Å². The van der Waals surface area contributed by atoms with Crippen LogP contribution in [0.5, 0.6) is 0 Å². The van der Waals surface area contributed by atoms with Crippen LogP contribution in [0.15, 0.2) is 30.3 Å². The highest BCUT2D eigenvalue weighted by atomic mass is 32.1. The fourth-order valence-electron chi connectivity index (χ4n) is 7.08. The van der Waals surface area contributed by atoms with Gasteiger partial charge in [-0.25, -0.2) is 0 Å². The maximum absolute atomic E-state index is 13.1. The molecule has 0 radical (unpaired) electrons. The molecule has 1 N–H and O–H groups in total. The fourth-order valence-corrected chi connectivity index (χ4v) is 8.04. The molecular weight excluding hydrogens is 408 g/mol. The van der Waals surface area contributed by atoms with Crippen LogP contribution in [0.3, 0.4) is 0 Å². The molecule has 162 valence electrons. The number of nitrogens with one attached hydrogen (secondary N) is 1. The van der Waals surface area contributed by atoms with E-state index in [1.54, 1.807) is 28.4 Å². The van der Waals surface area contributed by atoms with Crippen molar-refractivity contribution in [1.29, 1.82) is 0 Å². The molecular formula is C24H28N4O2S. The zero-order chi connectivity index (χ0) is 21.0. The minimum Gasteiger partial charge on any atom is -0.327 e. The molecule has 1 aliphatic heterocycles. The van der Waals surface area contributed by atoms with E-state index < -0.39 is 6.04 Å². The lowest BCUT2D eigenvalue weighted by atomic mass is 9.50. The van der Waals surface area contributed by atoms with Crippen LogP contribution in [-0.2, 0) is 10.2 Å². The van der Waals surface area contributed by atoms with Gasteiger partial charge in [0.15, 0.2) is 0 Å². The van der Waals surface area contributed by atoms with Gasteiger partial charge >= 0.3 is 0 Å². The highest BCUT2D eigenvalue weighted by molar-refractivity contribution is 7.15. The van der Waals surface area contributed by atoms with Crippen molar-refractivity contribution < 1.29 is 9.59 Å². The maximum Gasteiger partial charge on any atom is 0.254 e. The smallest absolute Gasteiger partial charge is 0.254 e. The number of hydrogen-bond acceptors (Lipinski definition) is 5. The Morgan fingerprint density at radius 3 is 2.35 bits per heavy atom. The standard InChI is InChI=1S/C24H28N4O2S/c29-20(19-7-4-8-28(19)21(30)18-5-2-1-3-6-18)25-23-27-26-22(31-23)24-12-15-9-16(13-24)11-17(10-15)14-24/h1-3,5-6,15-17,19H,4,7-14H2,(H,25,27,29). The monoisotopic (exact) mass is 436 g/mol. The lowest BCUT2D eigenvalue weighted by Crippen LogP contribution is -2.48. The predicted molar refractivity (Wildman–Crippen MR) is 119 cm³/mol.